The maximum Gasteiger partial charge on any atom is 0.223 e. The number of ether oxygens (including phenoxy) is 1. The molecule has 0 radical (unpaired) electrons. The summed E-state index contributed by atoms with van der Waals surface area (Å²) >= 11 is 0. The number of aryl methyl sites for hydroxylation is 1. The van der Waals surface area contributed by atoms with Gasteiger partial charge in [-0.25, -0.2) is 4.98 Å². The SMILES string of the molecule is C=CCc1ccccc1OCCCn1c(C2CC(=O)N(C3CCCCC3)C2)nc2ccccc21. The molecule has 34 heavy (non-hydrogen) atoms. The number of likely N-dealkylation sites (tertiary alicyclic amines) is 1. The van der Waals surface area contributed by atoms with E-state index in [9.17, 15) is 4.79 Å². The molecule has 1 aliphatic heterocycles. The van der Waals surface area contributed by atoms with Gasteiger partial charge in [0.1, 0.15) is 11.6 Å². The van der Waals surface area contributed by atoms with Crippen LogP contribution in [0.1, 0.15) is 62.3 Å². The number of carbonyl (C=O) groups is 1. The minimum Gasteiger partial charge on any atom is -0.493 e. The van der Waals surface area contributed by atoms with Crippen LogP contribution in [0.2, 0.25) is 0 Å². The summed E-state index contributed by atoms with van der Waals surface area (Å²) < 4.78 is 8.47. The molecule has 0 N–H and O–H groups in total. The van der Waals surface area contributed by atoms with E-state index in [-0.39, 0.29) is 5.92 Å². The van der Waals surface area contributed by atoms with Crippen molar-refractivity contribution in [2.45, 2.75) is 69.9 Å². The summed E-state index contributed by atoms with van der Waals surface area (Å²) in [7, 11) is 0. The average Bonchev–Trinajstić information content (AvgIpc) is 3.44. The highest BCUT2D eigenvalue weighted by Gasteiger charge is 2.37. The van der Waals surface area contributed by atoms with Crippen LogP contribution < -0.4 is 4.74 Å². The quantitative estimate of drug-likeness (QED) is 0.298. The predicted molar refractivity (Wildman–Crippen MR) is 136 cm³/mol. The number of hydrogen-bond acceptors (Lipinski definition) is 3. The van der Waals surface area contributed by atoms with Gasteiger partial charge in [-0.1, -0.05) is 55.7 Å². The van der Waals surface area contributed by atoms with Crippen molar-refractivity contribution < 1.29 is 9.53 Å². The van der Waals surface area contributed by atoms with Crippen LogP contribution in [-0.4, -0.2) is 39.6 Å². The van der Waals surface area contributed by atoms with Gasteiger partial charge < -0.3 is 14.2 Å². The molecule has 2 aromatic carbocycles. The first-order valence-corrected chi connectivity index (χ1v) is 12.8. The number of fused-ring (bicyclic) bond motifs is 1. The molecule has 5 heteroatoms. The predicted octanol–water partition coefficient (Wildman–Crippen LogP) is 5.88. The molecular formula is C29H35N3O2. The third kappa shape index (κ3) is 4.75. The van der Waals surface area contributed by atoms with Gasteiger partial charge in [0.2, 0.25) is 5.91 Å². The third-order valence-corrected chi connectivity index (χ3v) is 7.34. The Hall–Kier alpha value is -3.08. The summed E-state index contributed by atoms with van der Waals surface area (Å²) in [5.74, 6) is 2.45. The molecule has 0 spiro atoms. The number of carbonyl (C=O) groups excluding carboxylic acids is 1. The number of amides is 1. The Labute approximate surface area is 202 Å². The zero-order valence-corrected chi connectivity index (χ0v) is 20.0. The van der Waals surface area contributed by atoms with Gasteiger partial charge in [-0.3, -0.25) is 4.79 Å². The Kier molecular flexibility index (Phi) is 6.98. The van der Waals surface area contributed by atoms with Crippen LogP contribution in [0.4, 0.5) is 0 Å². The van der Waals surface area contributed by atoms with Gasteiger partial charge in [0, 0.05) is 31.5 Å². The Balaban J connectivity index is 1.30. The molecule has 1 atom stereocenters. The molecule has 2 aliphatic rings. The lowest BCUT2D eigenvalue weighted by Crippen LogP contribution is -2.37. The van der Waals surface area contributed by atoms with Crippen LogP contribution in [0, 0.1) is 0 Å². The maximum absolute atomic E-state index is 12.9. The first-order chi connectivity index (χ1) is 16.7. The van der Waals surface area contributed by atoms with Crippen molar-refractivity contribution in [2.24, 2.45) is 0 Å². The molecule has 3 aromatic rings. The largest absolute Gasteiger partial charge is 0.493 e. The van der Waals surface area contributed by atoms with Crippen LogP contribution in [0.5, 0.6) is 5.75 Å². The second-order valence-corrected chi connectivity index (χ2v) is 9.65. The number of imidazole rings is 1. The van der Waals surface area contributed by atoms with E-state index in [0.717, 1.165) is 61.4 Å². The van der Waals surface area contributed by atoms with Crippen molar-refractivity contribution in [1.29, 1.82) is 0 Å². The van der Waals surface area contributed by atoms with Crippen molar-refractivity contribution in [2.75, 3.05) is 13.2 Å². The molecule has 5 nitrogen and oxygen atoms in total. The monoisotopic (exact) mass is 457 g/mol. The van der Waals surface area contributed by atoms with E-state index in [2.05, 4.69) is 40.3 Å². The Bertz CT molecular complexity index is 1150. The molecule has 1 amide bonds. The van der Waals surface area contributed by atoms with Gasteiger partial charge in [0.05, 0.1) is 17.6 Å². The standard InChI is InChI=1S/C29H35N3O2/c1-2-11-22-12-6-9-17-27(22)34-19-10-18-31-26-16-8-7-15-25(26)30-29(31)23-20-28(33)32(21-23)24-13-4-3-5-14-24/h2,6-9,12,15-17,23-24H,1,3-5,10-11,13-14,18-21H2. The Morgan fingerprint density at radius 3 is 2.71 bits per heavy atom. The Morgan fingerprint density at radius 2 is 1.85 bits per heavy atom. The number of allylic oxidation sites excluding steroid dienone is 1. The van der Waals surface area contributed by atoms with Gasteiger partial charge in [-0.15, -0.1) is 6.58 Å². The summed E-state index contributed by atoms with van der Waals surface area (Å²) in [4.78, 5) is 20.1. The molecular weight excluding hydrogens is 422 g/mol. The van der Waals surface area contributed by atoms with Gasteiger partial charge in [0.25, 0.3) is 0 Å². The summed E-state index contributed by atoms with van der Waals surface area (Å²) in [6, 6.07) is 16.9. The van der Waals surface area contributed by atoms with Crippen LogP contribution in [-0.2, 0) is 17.8 Å². The Morgan fingerprint density at radius 1 is 1.06 bits per heavy atom. The molecule has 5 rings (SSSR count). The zero-order valence-electron chi connectivity index (χ0n) is 20.0. The third-order valence-electron chi connectivity index (χ3n) is 7.34. The lowest BCUT2D eigenvalue weighted by atomic mass is 9.94. The summed E-state index contributed by atoms with van der Waals surface area (Å²) in [5, 5.41) is 0. The van der Waals surface area contributed by atoms with Crippen molar-refractivity contribution >= 4 is 16.9 Å². The van der Waals surface area contributed by atoms with E-state index in [0.29, 0.717) is 25.0 Å². The molecule has 1 aromatic heterocycles. The first kappa shape index (κ1) is 22.7. The van der Waals surface area contributed by atoms with E-state index in [4.69, 9.17) is 9.72 Å². The van der Waals surface area contributed by atoms with Crippen LogP contribution in [0.3, 0.4) is 0 Å². The molecule has 2 heterocycles. The average molecular weight is 458 g/mol. The second kappa shape index (κ2) is 10.5. The number of benzene rings is 2. The zero-order chi connectivity index (χ0) is 23.3. The fourth-order valence-corrected chi connectivity index (χ4v) is 5.66. The van der Waals surface area contributed by atoms with E-state index < -0.39 is 0 Å². The second-order valence-electron chi connectivity index (χ2n) is 9.65. The molecule has 0 bridgehead atoms. The van der Waals surface area contributed by atoms with Crippen LogP contribution in [0.25, 0.3) is 11.0 Å². The maximum atomic E-state index is 12.9. The molecule has 1 saturated heterocycles. The van der Waals surface area contributed by atoms with E-state index in [1.54, 1.807) is 0 Å². The summed E-state index contributed by atoms with van der Waals surface area (Å²) in [5.41, 5.74) is 3.32. The van der Waals surface area contributed by atoms with Crippen LogP contribution >= 0.6 is 0 Å². The number of para-hydroxylation sites is 3. The van der Waals surface area contributed by atoms with Crippen LogP contribution in [0.15, 0.2) is 61.2 Å². The van der Waals surface area contributed by atoms with Gasteiger partial charge in [0.15, 0.2) is 0 Å². The molecule has 1 unspecified atom stereocenters. The summed E-state index contributed by atoms with van der Waals surface area (Å²) in [6.07, 6.45) is 10.3. The number of hydrogen-bond donors (Lipinski definition) is 0. The van der Waals surface area contributed by atoms with E-state index >= 15 is 0 Å². The number of aromatic nitrogens is 2. The molecule has 178 valence electrons. The number of rotatable bonds is 9. The first-order valence-electron chi connectivity index (χ1n) is 12.8. The fraction of sp³-hybridized carbons (Fsp3) is 0.448. The lowest BCUT2D eigenvalue weighted by molar-refractivity contribution is -0.130. The van der Waals surface area contributed by atoms with E-state index in [1.165, 1.54) is 24.8 Å². The van der Waals surface area contributed by atoms with Gasteiger partial charge >= 0.3 is 0 Å². The van der Waals surface area contributed by atoms with Crippen molar-refractivity contribution in [3.63, 3.8) is 0 Å². The minimum atomic E-state index is 0.163. The molecule has 1 aliphatic carbocycles. The molecule has 2 fully saturated rings. The lowest BCUT2D eigenvalue weighted by Gasteiger charge is -2.31. The van der Waals surface area contributed by atoms with Crippen molar-refractivity contribution in [1.82, 2.24) is 14.5 Å². The van der Waals surface area contributed by atoms with E-state index in [1.807, 2.05) is 30.3 Å². The summed E-state index contributed by atoms with van der Waals surface area (Å²) in [6.45, 7) is 6.12. The normalized spacial score (nSPS) is 19.1. The van der Waals surface area contributed by atoms with Crippen molar-refractivity contribution in [3.05, 3.63) is 72.6 Å². The fourth-order valence-electron chi connectivity index (χ4n) is 5.66. The highest BCUT2D eigenvalue weighted by atomic mass is 16.5. The smallest absolute Gasteiger partial charge is 0.223 e. The highest BCUT2D eigenvalue weighted by molar-refractivity contribution is 5.81. The molecule has 1 saturated carbocycles. The minimum absolute atomic E-state index is 0.163. The highest BCUT2D eigenvalue weighted by Crippen LogP contribution is 2.34. The number of nitrogens with zero attached hydrogens (tertiary/aromatic N) is 3. The van der Waals surface area contributed by atoms with Gasteiger partial charge in [-0.2, -0.15) is 0 Å². The van der Waals surface area contributed by atoms with Crippen molar-refractivity contribution in [3.8, 4) is 5.75 Å². The topological polar surface area (TPSA) is 47.4 Å². The van der Waals surface area contributed by atoms with Gasteiger partial charge in [-0.05, 0) is 49.4 Å².